The second-order valence-electron chi connectivity index (χ2n) is 4.31. The molecule has 5 heteroatoms. The summed E-state index contributed by atoms with van der Waals surface area (Å²) in [5.74, 6) is 0.901. The summed E-state index contributed by atoms with van der Waals surface area (Å²) >= 11 is 1.51. The molecule has 84 valence electrons. The van der Waals surface area contributed by atoms with Crippen molar-refractivity contribution in [2.24, 2.45) is 5.92 Å². The molecule has 1 aliphatic heterocycles. The number of rotatable bonds is 3. The van der Waals surface area contributed by atoms with E-state index in [0.29, 0.717) is 5.13 Å². The van der Waals surface area contributed by atoms with E-state index >= 15 is 0 Å². The van der Waals surface area contributed by atoms with Gasteiger partial charge in [0.1, 0.15) is 5.01 Å². The third-order valence-corrected chi connectivity index (χ3v) is 3.81. The van der Waals surface area contributed by atoms with E-state index in [-0.39, 0.29) is 0 Å². The van der Waals surface area contributed by atoms with Crippen molar-refractivity contribution in [2.45, 2.75) is 26.2 Å². The molecule has 1 aromatic rings. The van der Waals surface area contributed by atoms with Crippen LogP contribution in [0.1, 0.15) is 24.8 Å². The molecule has 2 rings (SSSR count). The fraction of sp³-hybridized carbons (Fsp3) is 0.800. The zero-order chi connectivity index (χ0) is 10.7. The van der Waals surface area contributed by atoms with Crippen molar-refractivity contribution in [3.8, 4) is 0 Å². The Balaban J connectivity index is 1.74. The Hall–Kier alpha value is -0.680. The van der Waals surface area contributed by atoms with Crippen molar-refractivity contribution in [1.29, 1.82) is 0 Å². The fourth-order valence-corrected chi connectivity index (χ4v) is 2.51. The summed E-state index contributed by atoms with van der Waals surface area (Å²) in [4.78, 5) is 2.51. The Labute approximate surface area is 94.5 Å². The molecule has 2 N–H and O–H groups in total. The van der Waals surface area contributed by atoms with Gasteiger partial charge < -0.3 is 10.6 Å². The predicted octanol–water partition coefficient (Wildman–Crippen LogP) is 1.39. The van der Waals surface area contributed by atoms with Crippen molar-refractivity contribution >= 4 is 16.5 Å². The van der Waals surface area contributed by atoms with Gasteiger partial charge in [-0.3, -0.25) is 0 Å². The Morgan fingerprint density at radius 1 is 1.40 bits per heavy atom. The molecule has 0 spiro atoms. The van der Waals surface area contributed by atoms with E-state index < -0.39 is 0 Å². The molecule has 2 heterocycles. The quantitative estimate of drug-likeness (QED) is 0.846. The van der Waals surface area contributed by atoms with Gasteiger partial charge in [-0.1, -0.05) is 18.3 Å². The average molecular weight is 226 g/mol. The number of nitrogens with zero attached hydrogens (tertiary/aromatic N) is 3. The number of piperidine rings is 1. The highest BCUT2D eigenvalue weighted by Gasteiger charge is 2.15. The number of hydrogen-bond donors (Lipinski definition) is 1. The van der Waals surface area contributed by atoms with E-state index in [9.17, 15) is 0 Å². The van der Waals surface area contributed by atoms with E-state index in [2.05, 4.69) is 22.0 Å². The van der Waals surface area contributed by atoms with Crippen molar-refractivity contribution in [3.63, 3.8) is 0 Å². The van der Waals surface area contributed by atoms with Crippen LogP contribution in [0, 0.1) is 5.92 Å². The highest BCUT2D eigenvalue weighted by atomic mass is 32.1. The summed E-state index contributed by atoms with van der Waals surface area (Å²) in [6.45, 7) is 5.90. The van der Waals surface area contributed by atoms with E-state index in [1.807, 2.05) is 0 Å². The van der Waals surface area contributed by atoms with Gasteiger partial charge in [0.15, 0.2) is 0 Å². The lowest BCUT2D eigenvalue weighted by Crippen LogP contribution is -2.34. The maximum atomic E-state index is 5.54. The number of hydrogen-bond acceptors (Lipinski definition) is 5. The van der Waals surface area contributed by atoms with Gasteiger partial charge in [0.05, 0.1) is 0 Å². The molecule has 15 heavy (non-hydrogen) atoms. The second kappa shape index (κ2) is 4.90. The van der Waals surface area contributed by atoms with Crippen LogP contribution < -0.4 is 5.73 Å². The molecular weight excluding hydrogens is 208 g/mol. The largest absolute Gasteiger partial charge is 0.374 e. The van der Waals surface area contributed by atoms with Gasteiger partial charge >= 0.3 is 0 Å². The molecule has 0 aliphatic carbocycles. The standard InChI is InChI=1S/C10H18N4S/c1-8-2-5-14(6-3-8)7-4-9-12-13-10(11)15-9/h8H,2-7H2,1H3,(H2,11,13). The Morgan fingerprint density at radius 3 is 2.73 bits per heavy atom. The molecule has 0 aromatic carbocycles. The van der Waals surface area contributed by atoms with Gasteiger partial charge in [0.2, 0.25) is 5.13 Å². The highest BCUT2D eigenvalue weighted by Crippen LogP contribution is 2.17. The average Bonchev–Trinajstić information content (AvgIpc) is 2.64. The van der Waals surface area contributed by atoms with Gasteiger partial charge in [-0.15, -0.1) is 10.2 Å². The predicted molar refractivity (Wildman–Crippen MR) is 62.9 cm³/mol. The molecular formula is C10H18N4S. The molecule has 0 atom stereocenters. The summed E-state index contributed by atoms with van der Waals surface area (Å²) in [6.07, 6.45) is 3.65. The van der Waals surface area contributed by atoms with Gasteiger partial charge in [0, 0.05) is 13.0 Å². The van der Waals surface area contributed by atoms with Gasteiger partial charge in [-0.2, -0.15) is 0 Å². The van der Waals surface area contributed by atoms with E-state index in [4.69, 9.17) is 5.73 Å². The summed E-state index contributed by atoms with van der Waals surface area (Å²) in [5, 5.41) is 9.49. The fourth-order valence-electron chi connectivity index (χ4n) is 1.91. The maximum Gasteiger partial charge on any atom is 0.203 e. The van der Waals surface area contributed by atoms with Crippen LogP contribution in [0.15, 0.2) is 0 Å². The summed E-state index contributed by atoms with van der Waals surface area (Å²) in [5.41, 5.74) is 5.54. The van der Waals surface area contributed by atoms with Crippen LogP contribution in [0.4, 0.5) is 5.13 Å². The van der Waals surface area contributed by atoms with Gasteiger partial charge in [-0.05, 0) is 31.8 Å². The van der Waals surface area contributed by atoms with Crippen molar-refractivity contribution in [3.05, 3.63) is 5.01 Å². The molecule has 1 aromatic heterocycles. The summed E-state index contributed by atoms with van der Waals surface area (Å²) < 4.78 is 0. The number of anilines is 1. The first-order valence-electron chi connectivity index (χ1n) is 5.54. The van der Waals surface area contributed by atoms with Gasteiger partial charge in [-0.25, -0.2) is 0 Å². The molecule has 1 saturated heterocycles. The van der Waals surface area contributed by atoms with Gasteiger partial charge in [0.25, 0.3) is 0 Å². The first kappa shape index (κ1) is 10.8. The van der Waals surface area contributed by atoms with Crippen LogP contribution >= 0.6 is 11.3 Å². The Bertz CT molecular complexity index is 304. The first-order chi connectivity index (χ1) is 7.24. The summed E-state index contributed by atoms with van der Waals surface area (Å²) in [7, 11) is 0. The topological polar surface area (TPSA) is 55.0 Å². The highest BCUT2D eigenvalue weighted by molar-refractivity contribution is 7.15. The van der Waals surface area contributed by atoms with Crippen molar-refractivity contribution in [2.75, 3.05) is 25.4 Å². The van der Waals surface area contributed by atoms with E-state index in [0.717, 1.165) is 23.9 Å². The number of likely N-dealkylation sites (tertiary alicyclic amines) is 1. The Morgan fingerprint density at radius 2 is 2.13 bits per heavy atom. The number of nitrogens with two attached hydrogens (primary N) is 1. The molecule has 1 aliphatic rings. The van der Waals surface area contributed by atoms with Crippen LogP contribution in [-0.4, -0.2) is 34.7 Å². The lowest BCUT2D eigenvalue weighted by Gasteiger charge is -2.29. The molecule has 0 radical (unpaired) electrons. The minimum absolute atomic E-state index is 0.581. The minimum atomic E-state index is 0.581. The molecule has 0 bridgehead atoms. The van der Waals surface area contributed by atoms with Crippen LogP contribution in [0.25, 0.3) is 0 Å². The number of aromatic nitrogens is 2. The zero-order valence-corrected chi connectivity index (χ0v) is 9.96. The zero-order valence-electron chi connectivity index (χ0n) is 9.15. The monoisotopic (exact) mass is 226 g/mol. The van der Waals surface area contributed by atoms with Crippen LogP contribution in [0.2, 0.25) is 0 Å². The van der Waals surface area contributed by atoms with Crippen molar-refractivity contribution < 1.29 is 0 Å². The van der Waals surface area contributed by atoms with Crippen LogP contribution in [0.5, 0.6) is 0 Å². The Kier molecular flexibility index (Phi) is 3.53. The molecule has 0 unspecified atom stereocenters. The van der Waals surface area contributed by atoms with E-state index in [1.165, 1.54) is 37.3 Å². The van der Waals surface area contributed by atoms with Crippen LogP contribution in [-0.2, 0) is 6.42 Å². The second-order valence-corrected chi connectivity index (χ2v) is 5.40. The third kappa shape index (κ3) is 3.14. The lowest BCUT2D eigenvalue weighted by atomic mass is 9.99. The normalized spacial score (nSPS) is 19.5. The smallest absolute Gasteiger partial charge is 0.203 e. The summed E-state index contributed by atoms with van der Waals surface area (Å²) in [6, 6.07) is 0. The van der Waals surface area contributed by atoms with Crippen molar-refractivity contribution in [1.82, 2.24) is 15.1 Å². The third-order valence-electron chi connectivity index (χ3n) is 3.00. The first-order valence-corrected chi connectivity index (χ1v) is 6.36. The lowest BCUT2D eigenvalue weighted by molar-refractivity contribution is 0.194. The van der Waals surface area contributed by atoms with Crippen LogP contribution in [0.3, 0.4) is 0 Å². The number of nitrogen functional groups attached to an aromatic ring is 1. The van der Waals surface area contributed by atoms with E-state index in [1.54, 1.807) is 0 Å². The molecule has 0 saturated carbocycles. The SMILES string of the molecule is CC1CCN(CCc2nnc(N)s2)CC1. The maximum absolute atomic E-state index is 5.54. The molecule has 1 fully saturated rings. The molecule has 4 nitrogen and oxygen atoms in total. The minimum Gasteiger partial charge on any atom is -0.374 e. The molecule has 0 amide bonds.